The minimum absolute atomic E-state index is 0.0404. The van der Waals surface area contributed by atoms with Gasteiger partial charge in [-0.25, -0.2) is 0 Å². The van der Waals surface area contributed by atoms with Crippen molar-refractivity contribution in [3.05, 3.63) is 35.9 Å². The maximum atomic E-state index is 12.5. The Morgan fingerprint density at radius 1 is 1.12 bits per heavy atom. The average Bonchev–Trinajstić information content (AvgIpc) is 2.63. The number of rotatable bonds is 8. The molecule has 2 rings (SSSR count). The Kier molecular flexibility index (Phi) is 7.57. The van der Waals surface area contributed by atoms with E-state index in [1.54, 1.807) is 0 Å². The monoisotopic (exact) mass is 382 g/mol. The summed E-state index contributed by atoms with van der Waals surface area (Å²) >= 11 is 0. The third kappa shape index (κ3) is 5.26. The van der Waals surface area contributed by atoms with E-state index in [0.717, 1.165) is 5.56 Å². The summed E-state index contributed by atoms with van der Waals surface area (Å²) in [6, 6.07) is 9.78. The highest BCUT2D eigenvalue weighted by Gasteiger charge is 2.31. The van der Waals surface area contributed by atoms with E-state index < -0.39 is 10.2 Å². The first-order valence-electron chi connectivity index (χ1n) is 9.20. The highest BCUT2D eigenvalue weighted by molar-refractivity contribution is 7.86. The van der Waals surface area contributed by atoms with E-state index in [1.807, 2.05) is 56.0 Å². The molecule has 1 aromatic rings. The maximum absolute atomic E-state index is 12.5. The van der Waals surface area contributed by atoms with Gasteiger partial charge in [-0.2, -0.15) is 17.0 Å². The molecule has 0 bridgehead atoms. The molecule has 1 aromatic carbocycles. The van der Waals surface area contributed by atoms with Crippen molar-refractivity contribution in [2.75, 3.05) is 45.8 Å². The van der Waals surface area contributed by atoms with Gasteiger partial charge in [-0.05, 0) is 12.5 Å². The van der Waals surface area contributed by atoms with Gasteiger partial charge in [-0.15, -0.1) is 0 Å². The lowest BCUT2D eigenvalue weighted by Crippen LogP contribution is -2.54. The summed E-state index contributed by atoms with van der Waals surface area (Å²) < 4.78 is 28.1. The fourth-order valence-corrected chi connectivity index (χ4v) is 4.75. The van der Waals surface area contributed by atoms with E-state index in [9.17, 15) is 13.2 Å². The molecule has 1 saturated heterocycles. The lowest BCUT2D eigenvalue weighted by atomic mass is 10.1. The average molecular weight is 383 g/mol. The van der Waals surface area contributed by atoms with Crippen LogP contribution in [0.3, 0.4) is 0 Å². The van der Waals surface area contributed by atoms with E-state index in [2.05, 4.69) is 5.32 Å². The van der Waals surface area contributed by atoms with Crippen LogP contribution in [-0.4, -0.2) is 73.6 Å². The molecule has 8 heteroatoms. The molecule has 26 heavy (non-hydrogen) atoms. The second-order valence-electron chi connectivity index (χ2n) is 6.47. The first-order chi connectivity index (χ1) is 12.4. The Balaban J connectivity index is 1.82. The summed E-state index contributed by atoms with van der Waals surface area (Å²) in [5.41, 5.74) is 1.07. The third-order valence-corrected chi connectivity index (χ3v) is 6.92. The van der Waals surface area contributed by atoms with E-state index in [0.29, 0.717) is 39.3 Å². The first-order valence-corrected chi connectivity index (χ1v) is 10.6. The summed E-state index contributed by atoms with van der Waals surface area (Å²) in [4.78, 5) is 14.3. The summed E-state index contributed by atoms with van der Waals surface area (Å²) in [7, 11) is -3.39. The quantitative estimate of drug-likeness (QED) is 0.730. The number of piperazine rings is 1. The number of carbonyl (C=O) groups is 1. The van der Waals surface area contributed by atoms with Crippen molar-refractivity contribution in [3.8, 4) is 0 Å². The van der Waals surface area contributed by atoms with Crippen LogP contribution >= 0.6 is 0 Å². The van der Waals surface area contributed by atoms with E-state index in [-0.39, 0.29) is 18.5 Å². The van der Waals surface area contributed by atoms with Crippen molar-refractivity contribution >= 4 is 16.1 Å². The normalized spacial score (nSPS) is 18.0. The third-order valence-electron chi connectivity index (χ3n) is 4.73. The molecule has 1 aliphatic rings. The molecule has 1 fully saturated rings. The zero-order valence-corrected chi connectivity index (χ0v) is 16.7. The van der Waals surface area contributed by atoms with Crippen molar-refractivity contribution < 1.29 is 13.2 Å². The molecule has 0 radical (unpaired) electrons. The van der Waals surface area contributed by atoms with Crippen molar-refractivity contribution in [1.29, 1.82) is 0 Å². The zero-order chi connectivity index (χ0) is 19.2. The molecule has 1 heterocycles. The van der Waals surface area contributed by atoms with Gasteiger partial charge in [0.15, 0.2) is 0 Å². The fourth-order valence-electron chi connectivity index (χ4n) is 3.15. The molecule has 1 aliphatic heterocycles. The predicted octanol–water partition coefficient (Wildman–Crippen LogP) is 1.07. The summed E-state index contributed by atoms with van der Waals surface area (Å²) in [6.07, 6.45) is 0. The summed E-state index contributed by atoms with van der Waals surface area (Å²) in [5.74, 6) is -0.0404. The lowest BCUT2D eigenvalue weighted by molar-refractivity contribution is -0.123. The van der Waals surface area contributed by atoms with Crippen LogP contribution < -0.4 is 5.32 Å². The van der Waals surface area contributed by atoms with Crippen LogP contribution in [0.2, 0.25) is 0 Å². The number of hydrogen-bond donors (Lipinski definition) is 1. The van der Waals surface area contributed by atoms with Crippen LogP contribution in [0.4, 0.5) is 0 Å². The fraction of sp³-hybridized carbons (Fsp3) is 0.611. The van der Waals surface area contributed by atoms with Crippen LogP contribution in [0.25, 0.3) is 0 Å². The Morgan fingerprint density at radius 3 is 2.23 bits per heavy atom. The molecule has 1 N–H and O–H groups in total. The molecule has 1 unspecified atom stereocenters. The molecule has 0 aliphatic carbocycles. The molecule has 0 spiro atoms. The molecule has 146 valence electrons. The molecule has 0 aromatic heterocycles. The number of nitrogens with one attached hydrogen (secondary N) is 1. The van der Waals surface area contributed by atoms with Gasteiger partial charge in [0.05, 0.1) is 12.6 Å². The van der Waals surface area contributed by atoms with Crippen molar-refractivity contribution in [2.24, 2.45) is 0 Å². The zero-order valence-electron chi connectivity index (χ0n) is 15.9. The number of nitrogens with zero attached hydrogens (tertiary/aromatic N) is 3. The SMILES string of the molecule is CCN(CC)S(=O)(=O)N1CCN(CC(=O)NC(C)c2ccccc2)CC1. The van der Waals surface area contributed by atoms with E-state index >= 15 is 0 Å². The molecule has 1 amide bonds. The van der Waals surface area contributed by atoms with E-state index in [4.69, 9.17) is 0 Å². The second kappa shape index (κ2) is 9.45. The topological polar surface area (TPSA) is 73.0 Å². The van der Waals surface area contributed by atoms with Crippen molar-refractivity contribution in [1.82, 2.24) is 18.8 Å². The largest absolute Gasteiger partial charge is 0.348 e. The van der Waals surface area contributed by atoms with E-state index in [1.165, 1.54) is 8.61 Å². The molecule has 0 saturated carbocycles. The molecular weight excluding hydrogens is 352 g/mol. The maximum Gasteiger partial charge on any atom is 0.282 e. The van der Waals surface area contributed by atoms with Crippen LogP contribution in [-0.2, 0) is 15.0 Å². The highest BCUT2D eigenvalue weighted by atomic mass is 32.2. The molecule has 1 atom stereocenters. The number of benzene rings is 1. The van der Waals surface area contributed by atoms with Crippen molar-refractivity contribution in [3.63, 3.8) is 0 Å². The van der Waals surface area contributed by atoms with Crippen LogP contribution in [0.5, 0.6) is 0 Å². The Morgan fingerprint density at radius 2 is 1.69 bits per heavy atom. The van der Waals surface area contributed by atoms with Crippen LogP contribution in [0, 0.1) is 0 Å². The van der Waals surface area contributed by atoms with Gasteiger partial charge in [-0.1, -0.05) is 44.2 Å². The summed E-state index contributed by atoms with van der Waals surface area (Å²) in [5, 5.41) is 3.00. The molecular formula is C18H30N4O3S. The van der Waals surface area contributed by atoms with Gasteiger partial charge in [0, 0.05) is 39.3 Å². The van der Waals surface area contributed by atoms with Gasteiger partial charge in [-0.3, -0.25) is 9.69 Å². The Labute approximate surface area is 157 Å². The number of hydrogen-bond acceptors (Lipinski definition) is 4. The van der Waals surface area contributed by atoms with Gasteiger partial charge in [0.1, 0.15) is 0 Å². The molecule has 7 nitrogen and oxygen atoms in total. The highest BCUT2D eigenvalue weighted by Crippen LogP contribution is 2.13. The number of amides is 1. The Hall–Kier alpha value is -1.48. The smallest absolute Gasteiger partial charge is 0.282 e. The number of carbonyl (C=O) groups excluding carboxylic acids is 1. The summed E-state index contributed by atoms with van der Waals surface area (Å²) in [6.45, 7) is 8.84. The minimum atomic E-state index is -3.39. The van der Waals surface area contributed by atoms with Gasteiger partial charge in [0.25, 0.3) is 10.2 Å². The van der Waals surface area contributed by atoms with Crippen molar-refractivity contribution in [2.45, 2.75) is 26.8 Å². The van der Waals surface area contributed by atoms with Gasteiger partial charge in [0.2, 0.25) is 5.91 Å². The van der Waals surface area contributed by atoms with Gasteiger partial charge < -0.3 is 5.32 Å². The van der Waals surface area contributed by atoms with Gasteiger partial charge >= 0.3 is 0 Å². The predicted molar refractivity (Wildman–Crippen MR) is 103 cm³/mol. The standard InChI is InChI=1S/C18H30N4O3S/c1-4-21(5-2)26(24,25)22-13-11-20(12-14-22)15-18(23)19-16(3)17-9-7-6-8-10-17/h6-10,16H,4-5,11-15H2,1-3H3,(H,19,23). The second-order valence-corrected chi connectivity index (χ2v) is 8.40. The lowest BCUT2D eigenvalue weighted by Gasteiger charge is -2.36. The van der Waals surface area contributed by atoms with Crippen LogP contribution in [0.1, 0.15) is 32.4 Å². The van der Waals surface area contributed by atoms with Crippen LogP contribution in [0.15, 0.2) is 30.3 Å². The first kappa shape index (κ1) is 20.8. The minimum Gasteiger partial charge on any atom is -0.348 e. The Bertz CT molecular complexity index is 669.